The van der Waals surface area contributed by atoms with Gasteiger partial charge in [-0.25, -0.2) is 21.6 Å². The molecule has 1 aromatic rings. The molecule has 2 heterocycles. The zero-order chi connectivity index (χ0) is 14.3. The van der Waals surface area contributed by atoms with Crippen molar-refractivity contribution in [2.75, 3.05) is 11.5 Å². The summed E-state index contributed by atoms with van der Waals surface area (Å²) >= 11 is 0. The summed E-state index contributed by atoms with van der Waals surface area (Å²) in [5, 5.41) is 0. The number of rotatable bonds is 4. The first-order valence-corrected chi connectivity index (χ1v) is 9.08. The molecule has 1 unspecified atom stereocenters. The van der Waals surface area contributed by atoms with Gasteiger partial charge in [0.25, 0.3) is 0 Å². The lowest BCUT2D eigenvalue weighted by atomic mass is 10.0. The van der Waals surface area contributed by atoms with Crippen LogP contribution in [0.1, 0.15) is 19.0 Å². The van der Waals surface area contributed by atoms with E-state index in [1.54, 1.807) is 6.92 Å². The van der Waals surface area contributed by atoms with Crippen LogP contribution in [-0.4, -0.2) is 38.9 Å². The second-order valence-electron chi connectivity index (χ2n) is 5.07. The fourth-order valence-corrected chi connectivity index (χ4v) is 5.80. The lowest BCUT2D eigenvalue weighted by Gasteiger charge is -2.23. The Labute approximate surface area is 112 Å². The topological polar surface area (TPSA) is 122 Å². The van der Waals surface area contributed by atoms with Gasteiger partial charge in [-0.1, -0.05) is 0 Å². The number of nitrogens with two attached hydrogens (primary N) is 1. The lowest BCUT2D eigenvalue weighted by Crippen LogP contribution is -2.46. The normalized spacial score (nSPS) is 26.6. The van der Waals surface area contributed by atoms with E-state index in [9.17, 15) is 16.8 Å². The van der Waals surface area contributed by atoms with E-state index >= 15 is 0 Å². The van der Waals surface area contributed by atoms with E-state index in [0.717, 1.165) is 0 Å². The molecule has 108 valence electrons. The molecule has 1 fully saturated rings. The van der Waals surface area contributed by atoms with Crippen LogP contribution in [-0.2, 0) is 26.4 Å². The van der Waals surface area contributed by atoms with Gasteiger partial charge in [0, 0.05) is 24.0 Å². The summed E-state index contributed by atoms with van der Waals surface area (Å²) in [6.07, 6.45) is 1.63. The number of sulfonamides is 1. The summed E-state index contributed by atoms with van der Waals surface area (Å²) in [7, 11) is -6.91. The number of aromatic amines is 1. The van der Waals surface area contributed by atoms with Gasteiger partial charge in [-0.15, -0.1) is 0 Å². The van der Waals surface area contributed by atoms with Crippen molar-refractivity contribution in [3.05, 3.63) is 18.0 Å². The largest absolute Gasteiger partial charge is 0.363 e. The van der Waals surface area contributed by atoms with E-state index in [2.05, 4.69) is 9.71 Å². The minimum Gasteiger partial charge on any atom is -0.363 e. The Morgan fingerprint density at radius 2 is 2.21 bits per heavy atom. The van der Waals surface area contributed by atoms with Crippen molar-refractivity contribution in [3.8, 4) is 0 Å². The van der Waals surface area contributed by atoms with Crippen LogP contribution in [0.3, 0.4) is 0 Å². The molecule has 1 aromatic heterocycles. The van der Waals surface area contributed by atoms with Gasteiger partial charge in [-0.05, 0) is 19.4 Å². The third-order valence-corrected chi connectivity index (χ3v) is 6.65. The zero-order valence-corrected chi connectivity index (χ0v) is 12.1. The van der Waals surface area contributed by atoms with Gasteiger partial charge >= 0.3 is 0 Å². The van der Waals surface area contributed by atoms with E-state index in [1.165, 1.54) is 12.3 Å². The fraction of sp³-hybridized carbons (Fsp3) is 0.600. The average Bonchev–Trinajstić information content (AvgIpc) is 2.83. The maximum absolute atomic E-state index is 12.2. The first kappa shape index (κ1) is 14.5. The number of hydrogen-bond acceptors (Lipinski definition) is 5. The number of H-pyrrole nitrogens is 1. The Hall–Kier alpha value is -0.900. The molecule has 0 bridgehead atoms. The van der Waals surface area contributed by atoms with E-state index in [-0.39, 0.29) is 29.4 Å². The fourth-order valence-electron chi connectivity index (χ4n) is 2.17. The quantitative estimate of drug-likeness (QED) is 0.681. The second-order valence-corrected chi connectivity index (χ2v) is 8.94. The maximum atomic E-state index is 12.2. The molecule has 0 amide bonds. The predicted molar refractivity (Wildman–Crippen MR) is 70.7 cm³/mol. The third kappa shape index (κ3) is 3.16. The molecule has 1 aliphatic rings. The van der Waals surface area contributed by atoms with Crippen LogP contribution in [0, 0.1) is 0 Å². The minimum absolute atomic E-state index is 0.00715. The molecular weight excluding hydrogens is 290 g/mol. The molecule has 9 heteroatoms. The molecule has 2 rings (SSSR count). The summed E-state index contributed by atoms with van der Waals surface area (Å²) in [4.78, 5) is 2.82. The molecule has 7 nitrogen and oxygen atoms in total. The number of sulfone groups is 1. The SMILES string of the molecule is CC1(NS(=O)(=O)c2c[nH]c(CN)c2)CCS(=O)(=O)C1. The van der Waals surface area contributed by atoms with Gasteiger partial charge in [0.2, 0.25) is 10.0 Å². The molecule has 0 aromatic carbocycles. The number of aromatic nitrogens is 1. The highest BCUT2D eigenvalue weighted by Crippen LogP contribution is 2.25. The van der Waals surface area contributed by atoms with Gasteiger partial charge < -0.3 is 10.7 Å². The molecule has 0 saturated carbocycles. The molecule has 1 saturated heterocycles. The van der Waals surface area contributed by atoms with Crippen molar-refractivity contribution in [3.63, 3.8) is 0 Å². The molecular formula is C10H17N3O4S2. The molecule has 1 atom stereocenters. The second kappa shape index (κ2) is 4.58. The number of hydrogen-bond donors (Lipinski definition) is 3. The van der Waals surface area contributed by atoms with Gasteiger partial charge in [-0.2, -0.15) is 0 Å². The van der Waals surface area contributed by atoms with Gasteiger partial charge in [-0.3, -0.25) is 0 Å². The first-order chi connectivity index (χ1) is 8.66. The summed E-state index contributed by atoms with van der Waals surface area (Å²) in [5.41, 5.74) is 5.06. The third-order valence-electron chi connectivity index (χ3n) is 3.13. The van der Waals surface area contributed by atoms with Crippen LogP contribution in [0.15, 0.2) is 17.2 Å². The van der Waals surface area contributed by atoms with E-state index < -0.39 is 25.4 Å². The molecule has 0 aliphatic carbocycles. The van der Waals surface area contributed by atoms with Crippen molar-refractivity contribution in [2.45, 2.75) is 30.3 Å². The summed E-state index contributed by atoms with van der Waals surface area (Å²) < 4.78 is 49.7. The van der Waals surface area contributed by atoms with Crippen LogP contribution in [0.2, 0.25) is 0 Å². The van der Waals surface area contributed by atoms with Crippen molar-refractivity contribution in [1.82, 2.24) is 9.71 Å². The predicted octanol–water partition coefficient (Wildman–Crippen LogP) is -0.671. The van der Waals surface area contributed by atoms with Crippen LogP contribution >= 0.6 is 0 Å². The standard InChI is InChI=1S/C10H17N3O4S2/c1-10(2-3-18(14,15)7-10)13-19(16,17)9-4-8(5-11)12-6-9/h4,6,12-13H,2-3,5,7,11H2,1H3. The van der Waals surface area contributed by atoms with E-state index in [1.807, 2.05) is 0 Å². The monoisotopic (exact) mass is 307 g/mol. The molecule has 0 spiro atoms. The van der Waals surface area contributed by atoms with Gasteiger partial charge in [0.05, 0.1) is 16.4 Å². The van der Waals surface area contributed by atoms with Crippen molar-refractivity contribution in [2.24, 2.45) is 5.73 Å². The van der Waals surface area contributed by atoms with Crippen molar-refractivity contribution >= 4 is 19.9 Å². The van der Waals surface area contributed by atoms with Crippen molar-refractivity contribution < 1.29 is 16.8 Å². The molecule has 1 aliphatic heterocycles. The molecule has 4 N–H and O–H groups in total. The Kier molecular flexibility index (Phi) is 3.50. The summed E-state index contributed by atoms with van der Waals surface area (Å²) in [6.45, 7) is 1.81. The van der Waals surface area contributed by atoms with Gasteiger partial charge in [0.1, 0.15) is 0 Å². The van der Waals surface area contributed by atoms with E-state index in [4.69, 9.17) is 5.73 Å². The maximum Gasteiger partial charge on any atom is 0.242 e. The Balaban J connectivity index is 2.23. The lowest BCUT2D eigenvalue weighted by molar-refractivity contribution is 0.462. The Morgan fingerprint density at radius 1 is 1.53 bits per heavy atom. The molecule has 0 radical (unpaired) electrons. The Morgan fingerprint density at radius 3 is 2.68 bits per heavy atom. The average molecular weight is 307 g/mol. The summed E-state index contributed by atoms with van der Waals surface area (Å²) in [5.74, 6) is -0.166. The van der Waals surface area contributed by atoms with Gasteiger partial charge in [0.15, 0.2) is 9.84 Å². The smallest absolute Gasteiger partial charge is 0.242 e. The van der Waals surface area contributed by atoms with Crippen LogP contribution < -0.4 is 10.5 Å². The molecule has 19 heavy (non-hydrogen) atoms. The van der Waals surface area contributed by atoms with Crippen molar-refractivity contribution in [1.29, 1.82) is 0 Å². The van der Waals surface area contributed by atoms with E-state index in [0.29, 0.717) is 5.69 Å². The zero-order valence-electron chi connectivity index (χ0n) is 10.5. The summed E-state index contributed by atoms with van der Waals surface area (Å²) in [6, 6.07) is 1.44. The number of nitrogens with one attached hydrogen (secondary N) is 2. The minimum atomic E-state index is -3.74. The van der Waals surface area contributed by atoms with Crippen LogP contribution in [0.5, 0.6) is 0 Å². The van der Waals surface area contributed by atoms with Crippen LogP contribution in [0.25, 0.3) is 0 Å². The Bertz CT molecular complexity index is 677. The highest BCUT2D eigenvalue weighted by molar-refractivity contribution is 7.92. The first-order valence-electron chi connectivity index (χ1n) is 5.78. The van der Waals surface area contributed by atoms with Crippen LogP contribution in [0.4, 0.5) is 0 Å². The highest BCUT2D eigenvalue weighted by atomic mass is 32.2. The highest BCUT2D eigenvalue weighted by Gasteiger charge is 2.41.